The van der Waals surface area contributed by atoms with Gasteiger partial charge in [-0.2, -0.15) is 0 Å². The third kappa shape index (κ3) is 4.07. The monoisotopic (exact) mass is 407 g/mol. The predicted octanol–water partition coefficient (Wildman–Crippen LogP) is 3.47. The first-order valence-electron chi connectivity index (χ1n) is 10.00. The number of H-pyrrole nitrogens is 1. The first-order valence-corrected chi connectivity index (χ1v) is 10.00. The molecule has 0 saturated heterocycles. The largest absolute Gasteiger partial charge is 0.456 e. The first-order chi connectivity index (χ1) is 14.2. The molecule has 0 spiro atoms. The predicted molar refractivity (Wildman–Crippen MR) is 115 cm³/mol. The molecule has 7 heteroatoms. The van der Waals surface area contributed by atoms with E-state index in [9.17, 15) is 14.7 Å². The molecule has 0 amide bonds. The summed E-state index contributed by atoms with van der Waals surface area (Å²) in [6.45, 7) is 5.22. The van der Waals surface area contributed by atoms with Gasteiger partial charge in [-0.3, -0.25) is 4.79 Å². The van der Waals surface area contributed by atoms with Crippen molar-refractivity contribution in [3.63, 3.8) is 0 Å². The number of aromatic nitrogens is 2. The Bertz CT molecular complexity index is 1160. The Kier molecular flexibility index (Phi) is 5.07. The van der Waals surface area contributed by atoms with Crippen molar-refractivity contribution in [2.75, 3.05) is 5.32 Å². The first kappa shape index (κ1) is 20.1. The molecule has 4 rings (SSSR count). The molecule has 0 radical (unpaired) electrons. The van der Waals surface area contributed by atoms with Crippen LogP contribution in [0.5, 0.6) is 0 Å². The summed E-state index contributed by atoms with van der Waals surface area (Å²) in [5, 5.41) is 13.3. The van der Waals surface area contributed by atoms with Crippen LogP contribution in [0.15, 0.2) is 41.2 Å². The highest BCUT2D eigenvalue weighted by Crippen LogP contribution is 2.35. The van der Waals surface area contributed by atoms with Gasteiger partial charge in [0.15, 0.2) is 0 Å². The lowest BCUT2D eigenvalue weighted by atomic mass is 10.0. The summed E-state index contributed by atoms with van der Waals surface area (Å²) in [6, 6.07) is 11.1. The van der Waals surface area contributed by atoms with Crippen LogP contribution >= 0.6 is 0 Å². The second-order valence-electron chi connectivity index (χ2n) is 8.55. The molecule has 156 valence electrons. The van der Waals surface area contributed by atoms with Gasteiger partial charge in [-0.15, -0.1) is 0 Å². The zero-order valence-corrected chi connectivity index (χ0v) is 17.3. The molecule has 0 aliphatic heterocycles. The zero-order chi connectivity index (χ0) is 21.5. The maximum absolute atomic E-state index is 12.4. The standard InChI is InChI=1S/C23H25N3O4/c1-23(2,3)30-22(29)13-4-7-15(8-5-13)24-18-9-6-14-10-19-17(11-16(14)18)21(28)26-20(12-27)25-19/h4-5,7-8,10-11,18,24,27H,6,9,12H2,1-3H3,(H,25,26,28). The van der Waals surface area contributed by atoms with E-state index in [0.29, 0.717) is 16.5 Å². The molecule has 0 bridgehead atoms. The Hall–Kier alpha value is -3.19. The van der Waals surface area contributed by atoms with Gasteiger partial charge in [0.2, 0.25) is 0 Å². The van der Waals surface area contributed by atoms with Crippen molar-refractivity contribution in [3.8, 4) is 0 Å². The fraction of sp³-hybridized carbons (Fsp3) is 0.348. The Morgan fingerprint density at radius 3 is 2.67 bits per heavy atom. The number of aliphatic hydroxyl groups excluding tert-OH is 1. The lowest BCUT2D eigenvalue weighted by Gasteiger charge is -2.20. The molecule has 1 aromatic heterocycles. The van der Waals surface area contributed by atoms with Crippen molar-refractivity contribution < 1.29 is 14.6 Å². The third-order valence-electron chi connectivity index (χ3n) is 5.10. The number of nitrogens with one attached hydrogen (secondary N) is 2. The van der Waals surface area contributed by atoms with Gasteiger partial charge in [0.1, 0.15) is 18.0 Å². The van der Waals surface area contributed by atoms with Crippen molar-refractivity contribution in [1.82, 2.24) is 9.97 Å². The summed E-state index contributed by atoms with van der Waals surface area (Å²) in [5.41, 5.74) is 3.43. The normalized spacial score (nSPS) is 15.8. The van der Waals surface area contributed by atoms with Crippen LogP contribution in [0.1, 0.15) is 60.5 Å². The molecule has 7 nitrogen and oxygen atoms in total. The van der Waals surface area contributed by atoms with Crippen LogP contribution in [0.25, 0.3) is 10.9 Å². The van der Waals surface area contributed by atoms with E-state index in [1.165, 1.54) is 0 Å². The van der Waals surface area contributed by atoms with Gasteiger partial charge in [0.05, 0.1) is 22.5 Å². The molecule has 1 heterocycles. The van der Waals surface area contributed by atoms with Crippen molar-refractivity contribution in [1.29, 1.82) is 0 Å². The van der Waals surface area contributed by atoms with Gasteiger partial charge in [-0.25, -0.2) is 9.78 Å². The highest BCUT2D eigenvalue weighted by Gasteiger charge is 2.24. The quantitative estimate of drug-likeness (QED) is 0.572. The molecule has 3 aromatic rings. The number of carbonyl (C=O) groups is 1. The van der Waals surface area contributed by atoms with E-state index in [-0.39, 0.29) is 30.0 Å². The van der Waals surface area contributed by atoms with E-state index >= 15 is 0 Å². The molecule has 30 heavy (non-hydrogen) atoms. The van der Waals surface area contributed by atoms with Gasteiger partial charge in [-0.05, 0) is 81.1 Å². The average Bonchev–Trinajstić information content (AvgIpc) is 3.07. The van der Waals surface area contributed by atoms with Crippen molar-refractivity contribution in [3.05, 3.63) is 69.3 Å². The maximum Gasteiger partial charge on any atom is 0.338 e. The zero-order valence-electron chi connectivity index (χ0n) is 17.3. The summed E-state index contributed by atoms with van der Waals surface area (Å²) in [6.07, 6.45) is 1.77. The number of esters is 1. The number of ether oxygens (including phenoxy) is 1. The smallest absolute Gasteiger partial charge is 0.338 e. The maximum atomic E-state index is 12.4. The molecule has 2 aromatic carbocycles. The van der Waals surface area contributed by atoms with Gasteiger partial charge in [-0.1, -0.05) is 0 Å². The molecular formula is C23H25N3O4. The molecule has 0 saturated carbocycles. The van der Waals surface area contributed by atoms with E-state index in [1.54, 1.807) is 12.1 Å². The number of aromatic amines is 1. The Labute approximate surface area is 174 Å². The molecular weight excluding hydrogens is 382 g/mol. The molecule has 3 N–H and O–H groups in total. The highest BCUT2D eigenvalue weighted by molar-refractivity contribution is 5.90. The second-order valence-corrected chi connectivity index (χ2v) is 8.55. The number of anilines is 1. The van der Waals surface area contributed by atoms with Crippen LogP contribution in [-0.4, -0.2) is 26.6 Å². The molecule has 1 aliphatic rings. The third-order valence-corrected chi connectivity index (χ3v) is 5.10. The van der Waals surface area contributed by atoms with E-state index in [0.717, 1.165) is 29.7 Å². The van der Waals surface area contributed by atoms with Gasteiger partial charge in [0, 0.05) is 5.69 Å². The summed E-state index contributed by atoms with van der Waals surface area (Å²) >= 11 is 0. The number of hydrogen-bond donors (Lipinski definition) is 3. The van der Waals surface area contributed by atoms with Gasteiger partial charge >= 0.3 is 5.97 Å². The fourth-order valence-corrected chi connectivity index (χ4v) is 3.76. The van der Waals surface area contributed by atoms with Crippen LogP contribution in [0.3, 0.4) is 0 Å². The van der Waals surface area contributed by atoms with Gasteiger partial charge in [0.25, 0.3) is 5.56 Å². The lowest BCUT2D eigenvalue weighted by Crippen LogP contribution is -2.23. The van der Waals surface area contributed by atoms with Crippen LogP contribution < -0.4 is 10.9 Å². The Balaban J connectivity index is 1.56. The minimum absolute atomic E-state index is 0.0636. The number of rotatable bonds is 4. The van der Waals surface area contributed by atoms with Gasteiger partial charge < -0.3 is 20.1 Å². The molecule has 1 aliphatic carbocycles. The SMILES string of the molecule is CC(C)(C)OC(=O)c1ccc(NC2CCc3cc4nc(CO)[nH]c(=O)c4cc32)cc1. The number of fused-ring (bicyclic) bond motifs is 2. The molecule has 1 atom stereocenters. The Morgan fingerprint density at radius 1 is 1.27 bits per heavy atom. The van der Waals surface area contributed by atoms with Crippen LogP contribution in [-0.2, 0) is 17.8 Å². The number of carbonyl (C=O) groups excluding carboxylic acids is 1. The highest BCUT2D eigenvalue weighted by atomic mass is 16.6. The van der Waals surface area contributed by atoms with Crippen molar-refractivity contribution >= 4 is 22.6 Å². The lowest BCUT2D eigenvalue weighted by molar-refractivity contribution is 0.00695. The summed E-state index contributed by atoms with van der Waals surface area (Å²) in [5.74, 6) is -0.0779. The summed E-state index contributed by atoms with van der Waals surface area (Å²) < 4.78 is 5.40. The summed E-state index contributed by atoms with van der Waals surface area (Å²) in [7, 11) is 0. The number of aryl methyl sites for hydroxylation is 1. The van der Waals surface area contributed by atoms with E-state index in [1.807, 2.05) is 45.0 Å². The summed E-state index contributed by atoms with van der Waals surface area (Å²) in [4.78, 5) is 31.5. The number of hydrogen-bond acceptors (Lipinski definition) is 6. The molecule has 0 fully saturated rings. The topological polar surface area (TPSA) is 104 Å². The number of nitrogens with zero attached hydrogens (tertiary/aromatic N) is 1. The molecule has 1 unspecified atom stereocenters. The Morgan fingerprint density at radius 2 is 2.00 bits per heavy atom. The van der Waals surface area contributed by atoms with Crippen LogP contribution in [0.4, 0.5) is 5.69 Å². The van der Waals surface area contributed by atoms with E-state index in [4.69, 9.17) is 4.74 Å². The van der Waals surface area contributed by atoms with Crippen molar-refractivity contribution in [2.45, 2.75) is 51.9 Å². The minimum atomic E-state index is -0.533. The number of aliphatic hydroxyl groups is 1. The number of benzene rings is 2. The van der Waals surface area contributed by atoms with Crippen molar-refractivity contribution in [2.24, 2.45) is 0 Å². The van der Waals surface area contributed by atoms with Crippen LogP contribution in [0, 0.1) is 0 Å². The fourth-order valence-electron chi connectivity index (χ4n) is 3.76. The minimum Gasteiger partial charge on any atom is -0.456 e. The van der Waals surface area contributed by atoms with E-state index < -0.39 is 5.60 Å². The van der Waals surface area contributed by atoms with E-state index in [2.05, 4.69) is 15.3 Å². The second kappa shape index (κ2) is 7.57. The van der Waals surface area contributed by atoms with Crippen LogP contribution in [0.2, 0.25) is 0 Å². The average molecular weight is 407 g/mol.